The van der Waals surface area contributed by atoms with E-state index in [1.54, 1.807) is 17.4 Å². The topological polar surface area (TPSA) is 32.3 Å². The van der Waals surface area contributed by atoms with E-state index < -0.39 is 0 Å². The van der Waals surface area contributed by atoms with E-state index in [2.05, 4.69) is 52.0 Å². The van der Waals surface area contributed by atoms with Crippen LogP contribution in [-0.2, 0) is 11.3 Å². The molecule has 1 atom stereocenters. The first-order valence-corrected chi connectivity index (χ1v) is 8.77. The molecule has 3 rings (SSSR count). The summed E-state index contributed by atoms with van der Waals surface area (Å²) in [6.07, 6.45) is 3.28. The number of anilines is 1. The number of hydrogen-bond donors (Lipinski definition) is 1. The summed E-state index contributed by atoms with van der Waals surface area (Å²) in [4.78, 5) is 15.4. The zero-order valence-corrected chi connectivity index (χ0v) is 14.4. The molecule has 0 spiro atoms. The van der Waals surface area contributed by atoms with Gasteiger partial charge in [-0.1, -0.05) is 18.2 Å². The van der Waals surface area contributed by atoms with Crippen LogP contribution < -0.4 is 10.2 Å². The molecule has 0 saturated heterocycles. The van der Waals surface area contributed by atoms with Crippen LogP contribution >= 0.6 is 11.3 Å². The third-order valence-electron chi connectivity index (χ3n) is 4.20. The molecule has 1 aromatic heterocycles. The van der Waals surface area contributed by atoms with Crippen molar-refractivity contribution in [2.24, 2.45) is 0 Å². The fourth-order valence-corrected chi connectivity index (χ4v) is 3.55. The van der Waals surface area contributed by atoms with Crippen LogP contribution in [0.5, 0.6) is 0 Å². The van der Waals surface area contributed by atoms with E-state index >= 15 is 0 Å². The Morgan fingerprint density at radius 1 is 1.17 bits per heavy atom. The molecule has 3 nitrogen and oxygen atoms in total. The predicted octanol–water partition coefficient (Wildman–Crippen LogP) is 3.93. The fraction of sp³-hybridized carbons (Fsp3) is 0.316. The molecule has 0 aliphatic heterocycles. The van der Waals surface area contributed by atoms with Crippen molar-refractivity contribution >= 4 is 22.8 Å². The van der Waals surface area contributed by atoms with Crippen LogP contribution in [0.1, 0.15) is 29.2 Å². The van der Waals surface area contributed by atoms with Crippen molar-refractivity contribution < 1.29 is 4.79 Å². The highest BCUT2D eigenvalue weighted by atomic mass is 32.1. The molecule has 1 aliphatic rings. The normalized spacial score (nSPS) is 17.7. The molecule has 0 radical (unpaired) electrons. The summed E-state index contributed by atoms with van der Waals surface area (Å²) in [5, 5.41) is 5.50. The molecule has 1 aromatic carbocycles. The van der Waals surface area contributed by atoms with Crippen LogP contribution in [0, 0.1) is 0 Å². The molecule has 2 aromatic rings. The van der Waals surface area contributed by atoms with Gasteiger partial charge in [0.25, 0.3) is 0 Å². The lowest BCUT2D eigenvalue weighted by atomic mass is 9.85. The number of ketones is 1. The lowest BCUT2D eigenvalue weighted by Gasteiger charge is -2.24. The lowest BCUT2D eigenvalue weighted by molar-refractivity contribution is -0.115. The highest BCUT2D eigenvalue weighted by molar-refractivity contribution is 7.09. The van der Waals surface area contributed by atoms with Crippen LogP contribution in [0.25, 0.3) is 0 Å². The van der Waals surface area contributed by atoms with Crippen LogP contribution in [0.4, 0.5) is 5.69 Å². The number of hydrogen-bond acceptors (Lipinski definition) is 4. The fourth-order valence-electron chi connectivity index (χ4n) is 2.91. The Morgan fingerprint density at radius 2 is 1.96 bits per heavy atom. The summed E-state index contributed by atoms with van der Waals surface area (Å²) in [7, 11) is 4.07. The number of thiophene rings is 1. The maximum absolute atomic E-state index is 12.1. The van der Waals surface area contributed by atoms with Gasteiger partial charge >= 0.3 is 0 Å². The molecule has 1 heterocycles. The minimum atomic E-state index is 0.214. The van der Waals surface area contributed by atoms with Gasteiger partial charge < -0.3 is 10.2 Å². The second-order valence-electron chi connectivity index (χ2n) is 6.16. The van der Waals surface area contributed by atoms with E-state index in [0.717, 1.165) is 18.7 Å². The Morgan fingerprint density at radius 3 is 2.61 bits per heavy atom. The SMILES string of the molecule is CN(C)c1ccc([C@@H]2CC(=O)C=C(NCc3cccs3)C2)cc1. The standard InChI is InChI=1S/C19H22N2OS/c1-21(2)17-7-5-14(6-8-17)15-10-16(12-18(22)11-15)20-13-19-4-3-9-23-19/h3-9,12,15,20H,10-11,13H2,1-2H3/t15-/m0/s1. The molecular weight excluding hydrogens is 304 g/mol. The summed E-state index contributed by atoms with van der Waals surface area (Å²) < 4.78 is 0. The van der Waals surface area contributed by atoms with Gasteiger partial charge in [-0.3, -0.25) is 4.79 Å². The molecule has 120 valence electrons. The minimum Gasteiger partial charge on any atom is -0.383 e. The molecule has 1 N–H and O–H groups in total. The molecule has 0 fully saturated rings. The molecule has 4 heteroatoms. The summed E-state index contributed by atoms with van der Waals surface area (Å²) in [5.74, 6) is 0.487. The summed E-state index contributed by atoms with van der Waals surface area (Å²) >= 11 is 1.73. The Bertz CT molecular complexity index is 687. The number of allylic oxidation sites excluding steroid dienone is 2. The van der Waals surface area contributed by atoms with Crippen molar-refractivity contribution in [3.8, 4) is 0 Å². The van der Waals surface area contributed by atoms with E-state index in [1.807, 2.05) is 14.1 Å². The van der Waals surface area contributed by atoms with Crippen LogP contribution in [0.2, 0.25) is 0 Å². The molecule has 23 heavy (non-hydrogen) atoms. The molecule has 0 unspecified atom stereocenters. The first-order valence-electron chi connectivity index (χ1n) is 7.89. The molecule has 0 saturated carbocycles. The van der Waals surface area contributed by atoms with Gasteiger partial charge in [0.15, 0.2) is 5.78 Å². The third-order valence-corrected chi connectivity index (χ3v) is 5.08. The minimum absolute atomic E-state index is 0.214. The lowest BCUT2D eigenvalue weighted by Crippen LogP contribution is -2.21. The molecular formula is C19H22N2OS. The van der Waals surface area contributed by atoms with Gasteiger partial charge in [0.05, 0.1) is 0 Å². The van der Waals surface area contributed by atoms with Gasteiger partial charge in [0.2, 0.25) is 0 Å². The maximum Gasteiger partial charge on any atom is 0.158 e. The quantitative estimate of drug-likeness (QED) is 0.903. The maximum atomic E-state index is 12.1. The average Bonchev–Trinajstić information content (AvgIpc) is 3.06. The highest BCUT2D eigenvalue weighted by Crippen LogP contribution is 2.31. The second-order valence-corrected chi connectivity index (χ2v) is 7.19. The summed E-state index contributed by atoms with van der Waals surface area (Å²) in [6.45, 7) is 0.795. The van der Waals surface area contributed by atoms with Gasteiger partial charge in [-0.05, 0) is 41.5 Å². The highest BCUT2D eigenvalue weighted by Gasteiger charge is 2.22. The Kier molecular flexibility index (Phi) is 4.82. The monoisotopic (exact) mass is 326 g/mol. The van der Waals surface area contributed by atoms with Crippen molar-refractivity contribution in [1.29, 1.82) is 0 Å². The Hall–Kier alpha value is -2.07. The van der Waals surface area contributed by atoms with Gasteiger partial charge in [0.1, 0.15) is 0 Å². The number of carbonyl (C=O) groups excluding carboxylic acids is 1. The van der Waals surface area contributed by atoms with E-state index in [4.69, 9.17) is 0 Å². The number of benzene rings is 1. The Labute approximate surface area is 141 Å². The van der Waals surface area contributed by atoms with E-state index in [1.165, 1.54) is 16.1 Å². The first-order chi connectivity index (χ1) is 11.1. The molecule has 0 bridgehead atoms. The van der Waals surface area contributed by atoms with Gasteiger partial charge in [-0.15, -0.1) is 11.3 Å². The van der Waals surface area contributed by atoms with Gasteiger partial charge in [-0.25, -0.2) is 0 Å². The zero-order chi connectivity index (χ0) is 16.2. The number of rotatable bonds is 5. The van der Waals surface area contributed by atoms with Crippen molar-refractivity contribution in [2.45, 2.75) is 25.3 Å². The number of carbonyl (C=O) groups is 1. The van der Waals surface area contributed by atoms with Crippen LogP contribution in [0.3, 0.4) is 0 Å². The van der Waals surface area contributed by atoms with Crippen molar-refractivity contribution in [3.05, 3.63) is 64.0 Å². The summed E-state index contributed by atoms with van der Waals surface area (Å²) in [5.41, 5.74) is 3.48. The number of nitrogens with zero attached hydrogens (tertiary/aromatic N) is 1. The van der Waals surface area contributed by atoms with Crippen molar-refractivity contribution in [2.75, 3.05) is 19.0 Å². The van der Waals surface area contributed by atoms with E-state index in [9.17, 15) is 4.79 Å². The largest absolute Gasteiger partial charge is 0.383 e. The third kappa shape index (κ3) is 4.02. The predicted molar refractivity (Wildman–Crippen MR) is 97.0 cm³/mol. The zero-order valence-electron chi connectivity index (χ0n) is 13.6. The summed E-state index contributed by atoms with van der Waals surface area (Å²) in [6, 6.07) is 12.7. The number of nitrogens with one attached hydrogen (secondary N) is 1. The van der Waals surface area contributed by atoms with Crippen LogP contribution in [0.15, 0.2) is 53.6 Å². The molecule has 1 aliphatic carbocycles. The van der Waals surface area contributed by atoms with E-state index in [-0.39, 0.29) is 11.7 Å². The molecule has 0 amide bonds. The van der Waals surface area contributed by atoms with Gasteiger partial charge in [-0.2, -0.15) is 0 Å². The van der Waals surface area contributed by atoms with Crippen LogP contribution in [-0.4, -0.2) is 19.9 Å². The van der Waals surface area contributed by atoms with Crippen molar-refractivity contribution in [1.82, 2.24) is 5.32 Å². The van der Waals surface area contributed by atoms with E-state index in [0.29, 0.717) is 6.42 Å². The van der Waals surface area contributed by atoms with Gasteiger partial charge in [0, 0.05) is 49.4 Å². The second kappa shape index (κ2) is 7.01. The first kappa shape index (κ1) is 15.8. The Balaban J connectivity index is 1.67. The average molecular weight is 326 g/mol. The smallest absolute Gasteiger partial charge is 0.158 e. The van der Waals surface area contributed by atoms with Crippen molar-refractivity contribution in [3.63, 3.8) is 0 Å².